The van der Waals surface area contributed by atoms with Crippen molar-refractivity contribution >= 4 is 12.4 Å². The van der Waals surface area contributed by atoms with Gasteiger partial charge in [-0.3, -0.25) is 0 Å². The summed E-state index contributed by atoms with van der Waals surface area (Å²) < 4.78 is 5.79. The minimum atomic E-state index is 0. The van der Waals surface area contributed by atoms with Gasteiger partial charge >= 0.3 is 0 Å². The van der Waals surface area contributed by atoms with Crippen LogP contribution in [0.2, 0.25) is 0 Å². The highest BCUT2D eigenvalue weighted by Gasteiger charge is 2.06. The molecule has 0 saturated heterocycles. The highest BCUT2D eigenvalue weighted by atomic mass is 35.5. The first kappa shape index (κ1) is 15.5. The Balaban J connectivity index is 0.00000180. The number of hydrogen-bond donors (Lipinski definition) is 1. The normalized spacial score (nSPS) is 11.5. The minimum absolute atomic E-state index is 0. The van der Waals surface area contributed by atoms with Crippen LogP contribution in [0.1, 0.15) is 31.4 Å². The molecule has 0 spiro atoms. The Bertz CT molecular complexity index is 487. The summed E-state index contributed by atoms with van der Waals surface area (Å²) in [5.74, 6) is 1.68. The van der Waals surface area contributed by atoms with Crippen molar-refractivity contribution in [2.45, 2.75) is 25.8 Å². The van der Waals surface area contributed by atoms with Gasteiger partial charge < -0.3 is 10.5 Å². The second kappa shape index (κ2) is 7.82. The molecular weight excluding hydrogens is 258 g/mol. The van der Waals surface area contributed by atoms with Gasteiger partial charge in [-0.15, -0.1) is 12.4 Å². The molecule has 0 heterocycles. The molecular formula is C16H20ClNO. The van der Waals surface area contributed by atoms with Crippen molar-refractivity contribution in [2.75, 3.05) is 0 Å². The van der Waals surface area contributed by atoms with Crippen molar-refractivity contribution in [2.24, 2.45) is 5.73 Å². The molecule has 0 aliphatic carbocycles. The van der Waals surface area contributed by atoms with Crippen molar-refractivity contribution in [3.63, 3.8) is 0 Å². The van der Waals surface area contributed by atoms with Gasteiger partial charge in [0, 0.05) is 6.04 Å². The van der Waals surface area contributed by atoms with E-state index >= 15 is 0 Å². The highest BCUT2D eigenvalue weighted by molar-refractivity contribution is 5.85. The van der Waals surface area contributed by atoms with Crippen LogP contribution >= 0.6 is 12.4 Å². The molecule has 2 rings (SSSR count). The predicted octanol–water partition coefficient (Wildman–Crippen LogP) is 4.70. The van der Waals surface area contributed by atoms with E-state index in [2.05, 4.69) is 13.0 Å². The first-order valence-electron chi connectivity index (χ1n) is 6.38. The standard InChI is InChI=1S/C16H19NO.ClH/c1-2-7-16(17)13-8-6-11-15(12-13)18-14-9-4-3-5-10-14;/h3-6,8-12,16H,2,7,17H2,1H3;1H/t16-;/m0./s1. The lowest BCUT2D eigenvalue weighted by Crippen LogP contribution is -2.09. The van der Waals surface area contributed by atoms with Crippen LogP contribution in [0.4, 0.5) is 0 Å². The summed E-state index contributed by atoms with van der Waals surface area (Å²) in [5.41, 5.74) is 7.24. The topological polar surface area (TPSA) is 35.2 Å². The molecule has 0 aliphatic rings. The average molecular weight is 278 g/mol. The van der Waals surface area contributed by atoms with Crippen LogP contribution in [0.25, 0.3) is 0 Å². The molecule has 102 valence electrons. The van der Waals surface area contributed by atoms with E-state index < -0.39 is 0 Å². The number of para-hydroxylation sites is 1. The summed E-state index contributed by atoms with van der Waals surface area (Å²) >= 11 is 0. The van der Waals surface area contributed by atoms with E-state index in [-0.39, 0.29) is 18.4 Å². The van der Waals surface area contributed by atoms with E-state index in [0.717, 1.165) is 29.9 Å². The fourth-order valence-corrected chi connectivity index (χ4v) is 1.91. The van der Waals surface area contributed by atoms with Crippen LogP contribution in [0.5, 0.6) is 11.5 Å². The van der Waals surface area contributed by atoms with Gasteiger partial charge in [0.15, 0.2) is 0 Å². The number of benzene rings is 2. The minimum Gasteiger partial charge on any atom is -0.457 e. The molecule has 3 heteroatoms. The van der Waals surface area contributed by atoms with E-state index in [4.69, 9.17) is 10.5 Å². The zero-order valence-corrected chi connectivity index (χ0v) is 11.9. The van der Waals surface area contributed by atoms with Crippen molar-refractivity contribution < 1.29 is 4.74 Å². The van der Waals surface area contributed by atoms with Gasteiger partial charge in [0.05, 0.1) is 0 Å². The Kier molecular flexibility index (Phi) is 6.40. The maximum Gasteiger partial charge on any atom is 0.127 e. The monoisotopic (exact) mass is 277 g/mol. The number of rotatable bonds is 5. The van der Waals surface area contributed by atoms with Gasteiger partial charge in [-0.1, -0.05) is 43.7 Å². The molecule has 1 atom stereocenters. The SMILES string of the molecule is CCC[C@H](N)c1cccc(Oc2ccccc2)c1.Cl. The fourth-order valence-electron chi connectivity index (χ4n) is 1.91. The van der Waals surface area contributed by atoms with Crippen LogP contribution in [0.15, 0.2) is 54.6 Å². The zero-order valence-electron chi connectivity index (χ0n) is 11.1. The largest absolute Gasteiger partial charge is 0.457 e. The van der Waals surface area contributed by atoms with Crippen LogP contribution in [-0.4, -0.2) is 0 Å². The van der Waals surface area contributed by atoms with Gasteiger partial charge in [0.1, 0.15) is 11.5 Å². The molecule has 0 unspecified atom stereocenters. The van der Waals surface area contributed by atoms with Crippen LogP contribution < -0.4 is 10.5 Å². The van der Waals surface area contributed by atoms with Crippen molar-refractivity contribution in [3.05, 3.63) is 60.2 Å². The highest BCUT2D eigenvalue weighted by Crippen LogP contribution is 2.25. The Morgan fingerprint density at radius 3 is 2.37 bits per heavy atom. The molecule has 0 amide bonds. The molecule has 19 heavy (non-hydrogen) atoms. The van der Waals surface area contributed by atoms with E-state index in [1.54, 1.807) is 0 Å². The third-order valence-corrected chi connectivity index (χ3v) is 2.86. The fraction of sp³-hybridized carbons (Fsp3) is 0.250. The molecule has 2 nitrogen and oxygen atoms in total. The van der Waals surface area contributed by atoms with Crippen molar-refractivity contribution in [1.29, 1.82) is 0 Å². The van der Waals surface area contributed by atoms with E-state index in [0.29, 0.717) is 0 Å². The Hall–Kier alpha value is -1.51. The molecule has 2 N–H and O–H groups in total. The average Bonchev–Trinajstić information content (AvgIpc) is 2.40. The first-order valence-corrected chi connectivity index (χ1v) is 6.38. The molecule has 2 aromatic rings. The van der Waals surface area contributed by atoms with Gasteiger partial charge in [0.2, 0.25) is 0 Å². The summed E-state index contributed by atoms with van der Waals surface area (Å²) in [6, 6.07) is 17.9. The van der Waals surface area contributed by atoms with Crippen molar-refractivity contribution in [3.8, 4) is 11.5 Å². The number of halogens is 1. The molecule has 0 aliphatic heterocycles. The Labute approximate surface area is 121 Å². The molecule has 0 radical (unpaired) electrons. The molecule has 0 bridgehead atoms. The van der Waals surface area contributed by atoms with Gasteiger partial charge in [-0.05, 0) is 36.2 Å². The predicted molar refractivity (Wildman–Crippen MR) is 82.0 cm³/mol. The summed E-state index contributed by atoms with van der Waals surface area (Å²) in [6.45, 7) is 2.14. The summed E-state index contributed by atoms with van der Waals surface area (Å²) in [5, 5.41) is 0. The Morgan fingerprint density at radius 2 is 1.68 bits per heavy atom. The quantitative estimate of drug-likeness (QED) is 0.860. The third-order valence-electron chi connectivity index (χ3n) is 2.86. The van der Waals surface area contributed by atoms with Crippen LogP contribution in [0.3, 0.4) is 0 Å². The number of ether oxygens (including phenoxy) is 1. The molecule has 0 aromatic heterocycles. The summed E-state index contributed by atoms with van der Waals surface area (Å²) in [4.78, 5) is 0. The maximum absolute atomic E-state index is 6.11. The summed E-state index contributed by atoms with van der Waals surface area (Å²) in [7, 11) is 0. The third kappa shape index (κ3) is 4.58. The second-order valence-corrected chi connectivity index (χ2v) is 4.38. The van der Waals surface area contributed by atoms with E-state index in [9.17, 15) is 0 Å². The van der Waals surface area contributed by atoms with Crippen LogP contribution in [-0.2, 0) is 0 Å². The number of hydrogen-bond acceptors (Lipinski definition) is 2. The molecule has 0 saturated carbocycles. The lowest BCUT2D eigenvalue weighted by molar-refractivity contribution is 0.480. The smallest absolute Gasteiger partial charge is 0.127 e. The lowest BCUT2D eigenvalue weighted by atomic mass is 10.0. The van der Waals surface area contributed by atoms with Crippen LogP contribution in [0, 0.1) is 0 Å². The van der Waals surface area contributed by atoms with Gasteiger partial charge in [0.25, 0.3) is 0 Å². The zero-order chi connectivity index (χ0) is 12.8. The first-order chi connectivity index (χ1) is 8.79. The van der Waals surface area contributed by atoms with E-state index in [1.165, 1.54) is 0 Å². The molecule has 2 aromatic carbocycles. The second-order valence-electron chi connectivity index (χ2n) is 4.38. The van der Waals surface area contributed by atoms with Gasteiger partial charge in [-0.25, -0.2) is 0 Å². The lowest BCUT2D eigenvalue weighted by Gasteiger charge is -2.12. The maximum atomic E-state index is 6.11. The summed E-state index contributed by atoms with van der Waals surface area (Å²) in [6.07, 6.45) is 2.08. The van der Waals surface area contributed by atoms with Gasteiger partial charge in [-0.2, -0.15) is 0 Å². The molecule has 0 fully saturated rings. The van der Waals surface area contributed by atoms with Crippen molar-refractivity contribution in [1.82, 2.24) is 0 Å². The van der Waals surface area contributed by atoms with E-state index in [1.807, 2.05) is 48.5 Å². The Morgan fingerprint density at radius 1 is 1.00 bits per heavy atom. The number of nitrogens with two attached hydrogens (primary N) is 1.